The van der Waals surface area contributed by atoms with Crippen molar-refractivity contribution < 1.29 is 14.2 Å². The number of hydrogen-bond donors (Lipinski definition) is 0. The van der Waals surface area contributed by atoms with Crippen LogP contribution < -0.4 is 0 Å². The van der Waals surface area contributed by atoms with Gasteiger partial charge in [0.1, 0.15) is 0 Å². The summed E-state index contributed by atoms with van der Waals surface area (Å²) in [6, 6.07) is 0. The van der Waals surface area contributed by atoms with Crippen LogP contribution in [0.2, 0.25) is 0 Å². The highest BCUT2D eigenvalue weighted by atomic mass is 16.6. The van der Waals surface area contributed by atoms with Gasteiger partial charge in [0.05, 0.1) is 25.4 Å². The molecule has 0 radical (unpaired) electrons. The fourth-order valence-corrected chi connectivity index (χ4v) is 0.950. The molecule has 0 heterocycles. The van der Waals surface area contributed by atoms with Crippen molar-refractivity contribution in [3.05, 3.63) is 0 Å². The average molecular weight is 190 g/mol. The van der Waals surface area contributed by atoms with Gasteiger partial charge in [0, 0.05) is 13.7 Å². The molecule has 3 nitrogen and oxygen atoms in total. The smallest absolute Gasteiger partial charge is 0.0781 e. The predicted octanol–water partition coefficient (Wildman–Crippen LogP) is 1.85. The fraction of sp³-hybridized carbons (Fsp3) is 1.00. The van der Waals surface area contributed by atoms with E-state index in [1.165, 1.54) is 0 Å². The summed E-state index contributed by atoms with van der Waals surface area (Å²) in [5, 5.41) is 0. The SMILES string of the molecule is CCCOC(C)COC(C)COC. The van der Waals surface area contributed by atoms with Crippen molar-refractivity contribution in [2.45, 2.75) is 39.4 Å². The summed E-state index contributed by atoms with van der Waals surface area (Å²) in [7, 11) is 1.68. The summed E-state index contributed by atoms with van der Waals surface area (Å²) in [4.78, 5) is 0. The van der Waals surface area contributed by atoms with Crippen molar-refractivity contribution >= 4 is 0 Å². The second kappa shape index (κ2) is 8.48. The molecule has 0 aliphatic rings. The highest BCUT2D eigenvalue weighted by Crippen LogP contribution is 1.97. The molecule has 0 saturated heterocycles. The third-order valence-electron chi connectivity index (χ3n) is 1.62. The quantitative estimate of drug-likeness (QED) is 0.584. The molecule has 0 fully saturated rings. The van der Waals surface area contributed by atoms with Crippen LogP contribution >= 0.6 is 0 Å². The minimum absolute atomic E-state index is 0.151. The molecule has 0 aromatic heterocycles. The molecule has 0 amide bonds. The zero-order valence-corrected chi connectivity index (χ0v) is 9.21. The molecule has 0 saturated carbocycles. The first-order valence-corrected chi connectivity index (χ1v) is 4.92. The first-order valence-electron chi connectivity index (χ1n) is 4.92. The van der Waals surface area contributed by atoms with E-state index < -0.39 is 0 Å². The van der Waals surface area contributed by atoms with Crippen molar-refractivity contribution in [3.63, 3.8) is 0 Å². The molecule has 0 N–H and O–H groups in total. The van der Waals surface area contributed by atoms with Crippen LogP contribution in [-0.4, -0.2) is 39.1 Å². The first-order chi connectivity index (χ1) is 6.20. The predicted molar refractivity (Wildman–Crippen MR) is 53.0 cm³/mol. The van der Waals surface area contributed by atoms with Crippen LogP contribution in [0.3, 0.4) is 0 Å². The lowest BCUT2D eigenvalue weighted by molar-refractivity contribution is -0.0507. The van der Waals surface area contributed by atoms with E-state index >= 15 is 0 Å². The molecule has 3 heteroatoms. The molecule has 0 aliphatic carbocycles. The lowest BCUT2D eigenvalue weighted by Crippen LogP contribution is -2.23. The standard InChI is InChI=1S/C10H22O3/c1-5-6-12-10(3)8-13-9(2)7-11-4/h9-10H,5-8H2,1-4H3. The molecule has 0 aliphatic heterocycles. The van der Waals surface area contributed by atoms with E-state index in [0.29, 0.717) is 13.2 Å². The van der Waals surface area contributed by atoms with Gasteiger partial charge in [-0.3, -0.25) is 0 Å². The van der Waals surface area contributed by atoms with Gasteiger partial charge >= 0.3 is 0 Å². The van der Waals surface area contributed by atoms with Crippen LogP contribution in [0.15, 0.2) is 0 Å². The van der Waals surface area contributed by atoms with Crippen molar-refractivity contribution in [2.24, 2.45) is 0 Å². The Kier molecular flexibility index (Phi) is 8.40. The van der Waals surface area contributed by atoms with Crippen molar-refractivity contribution in [1.82, 2.24) is 0 Å². The minimum atomic E-state index is 0.151. The van der Waals surface area contributed by atoms with Gasteiger partial charge < -0.3 is 14.2 Å². The van der Waals surface area contributed by atoms with E-state index in [9.17, 15) is 0 Å². The molecule has 0 aromatic carbocycles. The van der Waals surface area contributed by atoms with Gasteiger partial charge in [-0.2, -0.15) is 0 Å². The summed E-state index contributed by atoms with van der Waals surface area (Å²) >= 11 is 0. The average Bonchev–Trinajstić information content (AvgIpc) is 2.12. The monoisotopic (exact) mass is 190 g/mol. The van der Waals surface area contributed by atoms with Crippen LogP contribution in [0.25, 0.3) is 0 Å². The Bertz CT molecular complexity index is 106. The molecule has 2 unspecified atom stereocenters. The summed E-state index contributed by atoms with van der Waals surface area (Å²) in [6.45, 7) is 8.21. The third-order valence-corrected chi connectivity index (χ3v) is 1.62. The summed E-state index contributed by atoms with van der Waals surface area (Å²) in [6.07, 6.45) is 1.38. The fourth-order valence-electron chi connectivity index (χ4n) is 0.950. The van der Waals surface area contributed by atoms with E-state index in [2.05, 4.69) is 6.92 Å². The van der Waals surface area contributed by atoms with Crippen LogP contribution in [0, 0.1) is 0 Å². The zero-order chi connectivity index (χ0) is 10.1. The van der Waals surface area contributed by atoms with Gasteiger partial charge in [-0.1, -0.05) is 6.92 Å². The molecule has 13 heavy (non-hydrogen) atoms. The Balaban J connectivity index is 3.29. The van der Waals surface area contributed by atoms with Crippen LogP contribution in [0.4, 0.5) is 0 Å². The number of methoxy groups -OCH3 is 1. The number of hydrogen-bond acceptors (Lipinski definition) is 3. The zero-order valence-electron chi connectivity index (χ0n) is 9.21. The molecule has 0 bridgehead atoms. The van der Waals surface area contributed by atoms with E-state index in [1.807, 2.05) is 13.8 Å². The summed E-state index contributed by atoms with van der Waals surface area (Å²) in [5.74, 6) is 0. The Morgan fingerprint density at radius 3 is 2.15 bits per heavy atom. The first kappa shape index (κ1) is 12.9. The number of ether oxygens (including phenoxy) is 3. The maximum absolute atomic E-state index is 5.49. The Morgan fingerprint density at radius 2 is 1.62 bits per heavy atom. The normalized spacial score (nSPS) is 15.7. The minimum Gasteiger partial charge on any atom is -0.382 e. The van der Waals surface area contributed by atoms with E-state index in [0.717, 1.165) is 13.0 Å². The van der Waals surface area contributed by atoms with E-state index in [1.54, 1.807) is 7.11 Å². The molecule has 0 rings (SSSR count). The van der Waals surface area contributed by atoms with Crippen LogP contribution in [0.5, 0.6) is 0 Å². The summed E-state index contributed by atoms with van der Waals surface area (Å²) in [5.41, 5.74) is 0. The van der Waals surface area contributed by atoms with Gasteiger partial charge in [0.25, 0.3) is 0 Å². The third kappa shape index (κ3) is 8.22. The van der Waals surface area contributed by atoms with Gasteiger partial charge in [0.2, 0.25) is 0 Å². The molecule has 0 aromatic rings. The Hall–Kier alpha value is -0.120. The molecule has 80 valence electrons. The van der Waals surface area contributed by atoms with Gasteiger partial charge in [-0.05, 0) is 20.3 Å². The largest absolute Gasteiger partial charge is 0.382 e. The highest BCUT2D eigenvalue weighted by molar-refractivity contribution is 4.51. The van der Waals surface area contributed by atoms with Gasteiger partial charge in [-0.25, -0.2) is 0 Å². The van der Waals surface area contributed by atoms with Gasteiger partial charge in [-0.15, -0.1) is 0 Å². The highest BCUT2D eigenvalue weighted by Gasteiger charge is 2.05. The van der Waals surface area contributed by atoms with Crippen LogP contribution in [-0.2, 0) is 14.2 Å². The van der Waals surface area contributed by atoms with E-state index in [4.69, 9.17) is 14.2 Å². The van der Waals surface area contributed by atoms with E-state index in [-0.39, 0.29) is 12.2 Å². The van der Waals surface area contributed by atoms with Crippen molar-refractivity contribution in [3.8, 4) is 0 Å². The maximum Gasteiger partial charge on any atom is 0.0781 e. The Labute approximate surface area is 81.4 Å². The van der Waals surface area contributed by atoms with Crippen molar-refractivity contribution in [1.29, 1.82) is 0 Å². The molecule has 0 spiro atoms. The second-order valence-corrected chi connectivity index (χ2v) is 3.28. The van der Waals surface area contributed by atoms with Gasteiger partial charge in [0.15, 0.2) is 0 Å². The van der Waals surface area contributed by atoms with Crippen LogP contribution in [0.1, 0.15) is 27.2 Å². The summed E-state index contributed by atoms with van der Waals surface area (Å²) < 4.78 is 15.9. The van der Waals surface area contributed by atoms with Crippen molar-refractivity contribution in [2.75, 3.05) is 26.9 Å². The maximum atomic E-state index is 5.49. The lowest BCUT2D eigenvalue weighted by atomic mass is 10.4. The number of rotatable bonds is 8. The lowest BCUT2D eigenvalue weighted by Gasteiger charge is -2.16. The molecule has 2 atom stereocenters. The topological polar surface area (TPSA) is 27.7 Å². The molecular weight excluding hydrogens is 168 g/mol. The Morgan fingerprint density at radius 1 is 1.00 bits per heavy atom. The second-order valence-electron chi connectivity index (χ2n) is 3.28. The molecular formula is C10H22O3.